The van der Waals surface area contributed by atoms with Crippen molar-refractivity contribution in [2.24, 2.45) is 0 Å². The van der Waals surface area contributed by atoms with Crippen molar-refractivity contribution < 1.29 is 29.3 Å². The maximum Gasteiger partial charge on any atom is 0.509 e. The third-order valence-electron chi connectivity index (χ3n) is 3.38. The van der Waals surface area contributed by atoms with Gasteiger partial charge in [-0.2, -0.15) is 0 Å². The van der Waals surface area contributed by atoms with Gasteiger partial charge in [0.05, 0.1) is 0 Å². The molecule has 130 valence electrons. The van der Waals surface area contributed by atoms with E-state index in [0.717, 1.165) is 19.3 Å². The Balaban J connectivity index is 2.41. The lowest BCUT2D eigenvalue weighted by Gasteiger charge is -2.17. The predicted molar refractivity (Wildman–Crippen MR) is 87.6 cm³/mol. The summed E-state index contributed by atoms with van der Waals surface area (Å²) in [5, 5.41) is 18.7. The summed E-state index contributed by atoms with van der Waals surface area (Å²) in [5.74, 6) is 2.00. The van der Waals surface area contributed by atoms with Gasteiger partial charge in [0.25, 0.3) is 0 Å². The van der Waals surface area contributed by atoms with Crippen LogP contribution in [-0.2, 0) is 14.3 Å². The molecule has 1 saturated heterocycles. The lowest BCUT2D eigenvalue weighted by molar-refractivity contribution is -0.137. The van der Waals surface area contributed by atoms with Crippen LogP contribution in [0.3, 0.4) is 0 Å². The molecule has 3 atom stereocenters. The van der Waals surface area contributed by atoms with Crippen molar-refractivity contribution in [3.8, 4) is 11.5 Å². The van der Waals surface area contributed by atoms with E-state index in [1.807, 2.05) is 0 Å². The molecule has 0 aromatic carbocycles. The molecule has 1 aliphatic heterocycles. The summed E-state index contributed by atoms with van der Waals surface area (Å²) in [4.78, 5) is 21.7. The van der Waals surface area contributed by atoms with E-state index in [4.69, 9.17) is 14.6 Å². The van der Waals surface area contributed by atoms with E-state index in [0.29, 0.717) is 12.8 Å². The number of unbranched alkanes of at least 4 members (excludes halogenated alkanes) is 3. The van der Waals surface area contributed by atoms with Gasteiger partial charge >= 0.3 is 12.1 Å². The number of hydrogen-bond acceptors (Lipinski definition) is 5. The van der Waals surface area contributed by atoms with Crippen molar-refractivity contribution in [3.05, 3.63) is 0 Å². The average Bonchev–Trinajstić information content (AvgIpc) is 2.80. The van der Waals surface area contributed by atoms with Crippen molar-refractivity contribution in [2.45, 2.75) is 76.5 Å². The molecular formula is C16H26O6Si. The number of aliphatic hydroxyl groups excluding tert-OH is 1. The van der Waals surface area contributed by atoms with Crippen LogP contribution in [-0.4, -0.2) is 48.7 Å². The molecule has 0 amide bonds. The third kappa shape index (κ3) is 8.05. The maximum atomic E-state index is 11.3. The van der Waals surface area contributed by atoms with Crippen molar-refractivity contribution in [1.82, 2.24) is 0 Å². The van der Waals surface area contributed by atoms with Gasteiger partial charge in [-0.3, -0.25) is 4.79 Å². The zero-order valence-corrected chi connectivity index (χ0v) is 15.0. The maximum absolute atomic E-state index is 11.3. The van der Waals surface area contributed by atoms with Crippen LogP contribution >= 0.6 is 0 Å². The first-order chi connectivity index (χ1) is 10.7. The predicted octanol–water partition coefficient (Wildman–Crippen LogP) is 2.56. The molecule has 2 N–H and O–H groups in total. The molecule has 0 spiro atoms. The monoisotopic (exact) mass is 342 g/mol. The smallest absolute Gasteiger partial charge is 0.481 e. The van der Waals surface area contributed by atoms with Gasteiger partial charge in [-0.25, -0.2) is 4.79 Å². The van der Waals surface area contributed by atoms with Crippen molar-refractivity contribution in [2.75, 3.05) is 0 Å². The fourth-order valence-electron chi connectivity index (χ4n) is 2.24. The largest absolute Gasteiger partial charge is 0.509 e. The first kappa shape index (κ1) is 19.5. The summed E-state index contributed by atoms with van der Waals surface area (Å²) in [5.41, 5.74) is 3.06. The molecule has 0 aliphatic carbocycles. The molecule has 0 unspecified atom stereocenters. The highest BCUT2D eigenvalue weighted by Crippen LogP contribution is 2.23. The fourth-order valence-corrected chi connectivity index (χ4v) is 2.83. The minimum Gasteiger partial charge on any atom is -0.481 e. The number of aliphatic carboxylic acids is 1. The zero-order chi connectivity index (χ0) is 17.5. The van der Waals surface area contributed by atoms with Gasteiger partial charge in [-0.15, -0.1) is 5.54 Å². The molecule has 0 aromatic heterocycles. The Labute approximate surface area is 138 Å². The van der Waals surface area contributed by atoms with Crippen molar-refractivity contribution in [3.63, 3.8) is 0 Å². The molecule has 0 bridgehead atoms. The van der Waals surface area contributed by atoms with Crippen LogP contribution in [0.1, 0.15) is 38.5 Å². The molecule has 0 aromatic rings. The second-order valence-corrected chi connectivity index (χ2v) is 11.5. The summed E-state index contributed by atoms with van der Waals surface area (Å²) < 4.78 is 10.1. The Kier molecular flexibility index (Phi) is 7.59. The van der Waals surface area contributed by atoms with E-state index in [9.17, 15) is 14.7 Å². The van der Waals surface area contributed by atoms with Gasteiger partial charge in [0.2, 0.25) is 0 Å². The molecule has 7 heteroatoms. The minimum absolute atomic E-state index is 0.176. The lowest BCUT2D eigenvalue weighted by Crippen LogP contribution is -2.34. The van der Waals surface area contributed by atoms with Crippen LogP contribution < -0.4 is 0 Å². The molecule has 0 radical (unpaired) electrons. The van der Waals surface area contributed by atoms with Crippen LogP contribution in [0.4, 0.5) is 4.79 Å². The Morgan fingerprint density at radius 1 is 1.22 bits per heavy atom. The summed E-state index contributed by atoms with van der Waals surface area (Å²) in [6.07, 6.45) is 0.810. The first-order valence-corrected chi connectivity index (χ1v) is 11.5. The fraction of sp³-hybridized carbons (Fsp3) is 0.750. The normalized spacial score (nSPS) is 21.8. The highest BCUT2D eigenvalue weighted by atomic mass is 28.3. The highest BCUT2D eigenvalue weighted by Gasteiger charge is 2.40. The molecular weight excluding hydrogens is 316 g/mol. The summed E-state index contributed by atoms with van der Waals surface area (Å²) >= 11 is 0. The second kappa shape index (κ2) is 8.94. The number of aliphatic hydroxyl groups is 1. The molecule has 23 heavy (non-hydrogen) atoms. The Morgan fingerprint density at radius 2 is 1.87 bits per heavy atom. The van der Waals surface area contributed by atoms with Crippen molar-refractivity contribution >= 4 is 20.2 Å². The van der Waals surface area contributed by atoms with Gasteiger partial charge in [0.1, 0.15) is 14.2 Å². The first-order valence-electron chi connectivity index (χ1n) is 7.99. The lowest BCUT2D eigenvalue weighted by atomic mass is 10.0. The Bertz CT molecular complexity index is 473. The van der Waals surface area contributed by atoms with Crippen LogP contribution in [0, 0.1) is 11.5 Å². The molecule has 6 nitrogen and oxygen atoms in total. The van der Waals surface area contributed by atoms with Gasteiger partial charge in [0.15, 0.2) is 12.2 Å². The number of carbonyl (C=O) groups is 2. The van der Waals surface area contributed by atoms with Gasteiger partial charge in [-0.1, -0.05) is 38.4 Å². The summed E-state index contributed by atoms with van der Waals surface area (Å²) in [6, 6.07) is 0. The summed E-state index contributed by atoms with van der Waals surface area (Å²) in [7, 11) is -1.61. The van der Waals surface area contributed by atoms with Gasteiger partial charge in [0, 0.05) is 6.42 Å². The molecule has 0 saturated carbocycles. The number of carbonyl (C=O) groups excluding carboxylic acids is 1. The van der Waals surface area contributed by atoms with E-state index < -0.39 is 38.5 Å². The Hall–Kier alpha value is -1.52. The van der Waals surface area contributed by atoms with Gasteiger partial charge in [-0.05, 0) is 19.3 Å². The standard InChI is InChI=1S/C16H26O6Si/c1-23(2,3)11-10-12(17)15-13(21-16(20)22-15)8-6-4-5-7-9-14(18)19/h12-13,15,17H,4-9H2,1-3H3,(H,18,19)/t12-,13+,15+/m1/s1. The van der Waals surface area contributed by atoms with Crippen LogP contribution in [0.25, 0.3) is 0 Å². The van der Waals surface area contributed by atoms with E-state index in [2.05, 4.69) is 31.1 Å². The Morgan fingerprint density at radius 3 is 2.48 bits per heavy atom. The number of rotatable bonds is 8. The van der Waals surface area contributed by atoms with E-state index >= 15 is 0 Å². The zero-order valence-electron chi connectivity index (χ0n) is 14.0. The second-order valence-electron chi connectivity index (χ2n) is 6.80. The minimum atomic E-state index is -1.61. The molecule has 1 heterocycles. The van der Waals surface area contributed by atoms with Crippen LogP contribution in [0.5, 0.6) is 0 Å². The number of ether oxygens (including phenoxy) is 2. The van der Waals surface area contributed by atoms with Crippen molar-refractivity contribution in [1.29, 1.82) is 0 Å². The highest BCUT2D eigenvalue weighted by molar-refractivity contribution is 6.83. The number of carboxylic acids is 1. The summed E-state index contributed by atoms with van der Waals surface area (Å²) in [6.45, 7) is 6.20. The van der Waals surface area contributed by atoms with Gasteiger partial charge < -0.3 is 19.7 Å². The molecule has 1 fully saturated rings. The van der Waals surface area contributed by atoms with E-state index in [-0.39, 0.29) is 6.42 Å². The SMILES string of the molecule is C[Si](C)(C)C#C[C@@H](O)[C@@H]1OC(=O)O[C@H]1CCCCCCC(=O)O. The topological polar surface area (TPSA) is 93.1 Å². The molecule has 1 rings (SSSR count). The van der Waals surface area contributed by atoms with Crippen LogP contribution in [0.15, 0.2) is 0 Å². The quantitative estimate of drug-likeness (QED) is 0.305. The average molecular weight is 342 g/mol. The number of carboxylic acid groups (broad SMARTS) is 1. The number of cyclic esters (lactones) is 2. The molecule has 1 aliphatic rings. The third-order valence-corrected chi connectivity index (χ3v) is 4.28. The van der Waals surface area contributed by atoms with E-state index in [1.54, 1.807) is 0 Å². The van der Waals surface area contributed by atoms with E-state index in [1.165, 1.54) is 0 Å². The number of hydrogen-bond donors (Lipinski definition) is 2. The van der Waals surface area contributed by atoms with Crippen LogP contribution in [0.2, 0.25) is 19.6 Å².